The van der Waals surface area contributed by atoms with Crippen LogP contribution in [0, 0.1) is 13.5 Å². The van der Waals surface area contributed by atoms with Crippen molar-refractivity contribution in [1.29, 1.82) is 0 Å². The second kappa shape index (κ2) is 10.5. The van der Waals surface area contributed by atoms with Gasteiger partial charge in [0.2, 0.25) is 0 Å². The molecule has 0 bridgehead atoms. The van der Waals surface area contributed by atoms with E-state index >= 15 is 0 Å². The largest absolute Gasteiger partial charge is 0.184 e. The van der Waals surface area contributed by atoms with Gasteiger partial charge in [0.25, 0.3) is 0 Å². The Bertz CT molecular complexity index is 91.8. The SMILES string of the molecule is [CH3-].[O]=[Co].[c-]1ccccc1. The van der Waals surface area contributed by atoms with Crippen LogP contribution in [0.15, 0.2) is 30.3 Å². The van der Waals surface area contributed by atoms with Gasteiger partial charge in [-0.3, -0.25) is 0 Å². The summed E-state index contributed by atoms with van der Waals surface area (Å²) in [6, 6.07) is 12.5. The van der Waals surface area contributed by atoms with Gasteiger partial charge in [0, 0.05) is 0 Å². The molecule has 0 unspecified atom stereocenters. The van der Waals surface area contributed by atoms with Gasteiger partial charge in [0.05, 0.1) is 0 Å². The molecule has 0 spiro atoms. The molecule has 0 aromatic heterocycles. The van der Waals surface area contributed by atoms with E-state index in [1.165, 1.54) is 0 Å². The van der Waals surface area contributed by atoms with Crippen molar-refractivity contribution in [3.8, 4) is 0 Å². The summed E-state index contributed by atoms with van der Waals surface area (Å²) in [5, 5.41) is 0. The van der Waals surface area contributed by atoms with Crippen molar-refractivity contribution in [2.75, 3.05) is 0 Å². The third-order valence-corrected chi connectivity index (χ3v) is 0.607. The minimum Gasteiger partial charge on any atom is -0.184 e. The summed E-state index contributed by atoms with van der Waals surface area (Å²) in [7, 11) is 0. The molecule has 1 aromatic rings. The van der Waals surface area contributed by atoms with Crippen molar-refractivity contribution in [1.82, 2.24) is 0 Å². The van der Waals surface area contributed by atoms with Crippen molar-refractivity contribution in [3.63, 3.8) is 0 Å². The van der Waals surface area contributed by atoms with Gasteiger partial charge in [0.1, 0.15) is 0 Å². The summed E-state index contributed by atoms with van der Waals surface area (Å²) in [6.45, 7) is 0. The monoisotopic (exact) mass is 167 g/mol. The maximum Gasteiger partial charge on any atom is -0.171 e. The van der Waals surface area contributed by atoms with Gasteiger partial charge >= 0.3 is 19.5 Å². The van der Waals surface area contributed by atoms with E-state index in [1.54, 1.807) is 0 Å². The van der Waals surface area contributed by atoms with Crippen molar-refractivity contribution >= 4 is 0 Å². The van der Waals surface area contributed by atoms with Gasteiger partial charge < -0.3 is 7.43 Å². The van der Waals surface area contributed by atoms with Crippen LogP contribution in [-0.4, -0.2) is 0 Å². The van der Waals surface area contributed by atoms with Gasteiger partial charge in [-0.15, -0.1) is 0 Å². The maximum absolute atomic E-state index is 7.94. The van der Waals surface area contributed by atoms with E-state index in [2.05, 4.69) is 21.7 Å². The summed E-state index contributed by atoms with van der Waals surface area (Å²) < 4.78 is 7.94. The Morgan fingerprint density at radius 1 is 1.00 bits per heavy atom. The first-order valence-corrected chi connectivity index (χ1v) is 2.47. The van der Waals surface area contributed by atoms with Gasteiger partial charge in [0.15, 0.2) is 0 Å². The van der Waals surface area contributed by atoms with Crippen molar-refractivity contribution < 1.29 is 19.5 Å². The first-order valence-electron chi connectivity index (χ1n) is 2.05. The standard InChI is InChI=1S/C6H5.CH3.Co.O/c1-2-4-6-5-3-1;;;/h1-5H;1H3;;/q2*-1;;. The molecule has 2 heteroatoms. The molecule has 0 heterocycles. The van der Waals surface area contributed by atoms with Gasteiger partial charge in [-0.2, -0.15) is 36.4 Å². The molecule has 0 saturated heterocycles. The van der Waals surface area contributed by atoms with Crippen LogP contribution in [0.25, 0.3) is 0 Å². The zero-order chi connectivity index (χ0) is 6.24. The van der Waals surface area contributed by atoms with E-state index in [9.17, 15) is 0 Å². The van der Waals surface area contributed by atoms with Crippen molar-refractivity contribution in [3.05, 3.63) is 43.8 Å². The molecule has 0 aliphatic carbocycles. The number of hydrogen-bond donors (Lipinski definition) is 0. The van der Waals surface area contributed by atoms with Crippen molar-refractivity contribution in [2.45, 2.75) is 0 Å². The summed E-state index contributed by atoms with van der Waals surface area (Å²) in [5.41, 5.74) is 0. The fourth-order valence-electron chi connectivity index (χ4n) is 0.342. The molecule has 0 atom stereocenters. The number of benzene rings is 1. The van der Waals surface area contributed by atoms with Crippen LogP contribution < -0.4 is 0 Å². The Labute approximate surface area is 63.9 Å². The summed E-state index contributed by atoms with van der Waals surface area (Å²) in [4.78, 5) is 0. The topological polar surface area (TPSA) is 17.1 Å². The summed E-state index contributed by atoms with van der Waals surface area (Å²) in [5.74, 6) is 0. The third kappa shape index (κ3) is 7.53. The minimum atomic E-state index is 0. The van der Waals surface area contributed by atoms with Crippen LogP contribution in [0.2, 0.25) is 0 Å². The molecule has 0 N–H and O–H groups in total. The van der Waals surface area contributed by atoms with Gasteiger partial charge in [-0.25, -0.2) is 0 Å². The molecule has 0 aliphatic rings. The van der Waals surface area contributed by atoms with E-state index < -0.39 is 0 Å². The predicted octanol–water partition coefficient (Wildman–Crippen LogP) is 1.82. The number of rotatable bonds is 0. The average Bonchev–Trinajstić information content (AvgIpc) is 1.96. The Morgan fingerprint density at radius 3 is 1.56 bits per heavy atom. The molecule has 0 saturated carbocycles. The molecular formula is C7H8CoO-2. The molecular weight excluding hydrogens is 159 g/mol. The van der Waals surface area contributed by atoms with Crippen LogP contribution in [0.1, 0.15) is 0 Å². The Morgan fingerprint density at radius 2 is 1.44 bits per heavy atom. The molecule has 0 fully saturated rings. The summed E-state index contributed by atoms with van der Waals surface area (Å²) >= 11 is 2.31. The minimum absolute atomic E-state index is 0. The molecule has 1 rings (SSSR count). The Balaban J connectivity index is 0. The normalized spacial score (nSPS) is 5.89. The third-order valence-electron chi connectivity index (χ3n) is 0.607. The first kappa shape index (κ1) is 11.3. The van der Waals surface area contributed by atoms with Crippen LogP contribution in [0.5, 0.6) is 0 Å². The van der Waals surface area contributed by atoms with Gasteiger partial charge in [-0.1, -0.05) is 0 Å². The zero-order valence-electron chi connectivity index (χ0n) is 5.13. The van der Waals surface area contributed by atoms with E-state index in [-0.39, 0.29) is 7.43 Å². The molecule has 0 aliphatic heterocycles. The smallest absolute Gasteiger partial charge is 0.171 e. The maximum atomic E-state index is 7.94. The second-order valence-electron chi connectivity index (χ2n) is 1.08. The zero-order valence-corrected chi connectivity index (χ0v) is 6.17. The molecule has 0 amide bonds. The molecule has 1 aromatic carbocycles. The predicted molar refractivity (Wildman–Crippen MR) is 32.4 cm³/mol. The molecule has 0 radical (unpaired) electrons. The molecule has 1 nitrogen and oxygen atoms in total. The van der Waals surface area contributed by atoms with E-state index in [0.717, 1.165) is 0 Å². The first-order chi connectivity index (χ1) is 4.00. The van der Waals surface area contributed by atoms with Crippen LogP contribution in [0.4, 0.5) is 0 Å². The van der Waals surface area contributed by atoms with Crippen molar-refractivity contribution in [2.24, 2.45) is 0 Å². The quantitative estimate of drug-likeness (QED) is 0.538. The fraction of sp³-hybridized carbons (Fsp3) is 0. The molecule has 53 valence electrons. The van der Waals surface area contributed by atoms with Crippen LogP contribution in [-0.2, 0) is 19.5 Å². The molecule has 9 heavy (non-hydrogen) atoms. The van der Waals surface area contributed by atoms with Crippen LogP contribution in [0.3, 0.4) is 0 Å². The Kier molecular flexibility index (Phi) is 13.2. The van der Waals surface area contributed by atoms with E-state index in [1.807, 2.05) is 30.3 Å². The summed E-state index contributed by atoms with van der Waals surface area (Å²) in [6.07, 6.45) is 0. The van der Waals surface area contributed by atoms with E-state index in [4.69, 9.17) is 3.87 Å². The average molecular weight is 167 g/mol. The van der Waals surface area contributed by atoms with Crippen LogP contribution >= 0.6 is 0 Å². The Hall–Kier alpha value is -0.474. The fourth-order valence-corrected chi connectivity index (χ4v) is 0.342. The van der Waals surface area contributed by atoms with Gasteiger partial charge in [-0.05, 0) is 0 Å². The number of hydrogen-bond acceptors (Lipinski definition) is 1. The van der Waals surface area contributed by atoms with E-state index in [0.29, 0.717) is 0 Å². The second-order valence-corrected chi connectivity index (χ2v) is 1.08.